The highest BCUT2D eigenvalue weighted by Gasteiger charge is 2.56. The normalized spacial score (nSPS) is 20.4. The molecule has 1 aliphatic carbocycles. The molecule has 2 fully saturated rings. The lowest BCUT2D eigenvalue weighted by molar-refractivity contribution is -0.144. The van der Waals surface area contributed by atoms with E-state index in [9.17, 15) is 9.59 Å². The maximum Gasteiger partial charge on any atom is 0.240 e. The zero-order valence-corrected chi connectivity index (χ0v) is 20.7. The van der Waals surface area contributed by atoms with Crippen molar-refractivity contribution in [3.05, 3.63) is 68.1 Å². The van der Waals surface area contributed by atoms with Crippen LogP contribution in [0, 0.1) is 0 Å². The van der Waals surface area contributed by atoms with E-state index < -0.39 is 17.4 Å². The first-order valence-electron chi connectivity index (χ1n) is 10.8. The number of nitrogens with two attached hydrogens (primary N) is 1. The summed E-state index contributed by atoms with van der Waals surface area (Å²) in [6.07, 6.45) is 3.51. The van der Waals surface area contributed by atoms with Gasteiger partial charge in [-0.1, -0.05) is 57.3 Å². The van der Waals surface area contributed by atoms with Crippen LogP contribution in [-0.4, -0.2) is 41.9 Å². The highest BCUT2D eigenvalue weighted by atomic mass is 79.9. The maximum atomic E-state index is 14.1. The van der Waals surface area contributed by atoms with Crippen LogP contribution in [0.1, 0.15) is 36.8 Å². The summed E-state index contributed by atoms with van der Waals surface area (Å²) in [5.41, 5.74) is 6.90. The molecule has 8 heteroatoms. The van der Waals surface area contributed by atoms with Crippen LogP contribution in [0.5, 0.6) is 0 Å². The van der Waals surface area contributed by atoms with Crippen LogP contribution in [0.3, 0.4) is 0 Å². The van der Waals surface area contributed by atoms with E-state index >= 15 is 0 Å². The Morgan fingerprint density at radius 3 is 2.47 bits per heavy atom. The molecule has 2 aromatic rings. The smallest absolute Gasteiger partial charge is 0.240 e. The number of hydrogen-bond acceptors (Lipinski definition) is 3. The minimum atomic E-state index is -0.739. The van der Waals surface area contributed by atoms with Crippen molar-refractivity contribution < 1.29 is 9.59 Å². The van der Waals surface area contributed by atoms with Gasteiger partial charge in [0.25, 0.3) is 0 Å². The van der Waals surface area contributed by atoms with E-state index in [4.69, 9.17) is 28.9 Å². The van der Waals surface area contributed by atoms with Crippen LogP contribution in [0.15, 0.2) is 46.9 Å². The number of halogens is 3. The predicted molar refractivity (Wildman–Crippen MR) is 131 cm³/mol. The second kappa shape index (κ2) is 9.72. The Hall–Kier alpha value is -1.60. The third-order valence-corrected chi connectivity index (χ3v) is 7.59. The third kappa shape index (κ3) is 4.84. The summed E-state index contributed by atoms with van der Waals surface area (Å²) in [7, 11) is 0. The molecule has 5 nitrogen and oxygen atoms in total. The van der Waals surface area contributed by atoms with Gasteiger partial charge in [0.1, 0.15) is 6.04 Å². The summed E-state index contributed by atoms with van der Waals surface area (Å²) in [6, 6.07) is 12.2. The van der Waals surface area contributed by atoms with E-state index in [1.165, 1.54) is 0 Å². The van der Waals surface area contributed by atoms with Crippen LogP contribution in [-0.2, 0) is 21.4 Å². The average Bonchev–Trinajstić information content (AvgIpc) is 3.57. The maximum absolute atomic E-state index is 14.1. The largest absolute Gasteiger partial charge is 0.368 e. The van der Waals surface area contributed by atoms with Gasteiger partial charge < -0.3 is 16.0 Å². The molecule has 2 amide bonds. The third-order valence-electron chi connectivity index (χ3n) is 6.51. The van der Waals surface area contributed by atoms with Gasteiger partial charge in [-0.05, 0) is 67.6 Å². The molecule has 4 rings (SSSR count). The number of rotatable bonds is 7. The van der Waals surface area contributed by atoms with E-state index in [1.54, 1.807) is 17.0 Å². The molecule has 1 saturated heterocycles. The molecule has 2 aliphatic rings. The van der Waals surface area contributed by atoms with Gasteiger partial charge in [0.05, 0.1) is 5.41 Å². The van der Waals surface area contributed by atoms with Crippen LogP contribution in [0.2, 0.25) is 10.0 Å². The molecular weight excluding hydrogens is 513 g/mol. The molecule has 2 aromatic carbocycles. The number of nitrogens with one attached hydrogen (secondary N) is 1. The predicted octanol–water partition coefficient (Wildman–Crippen LogP) is 4.46. The number of carbonyl (C=O) groups excluding carboxylic acids is 2. The molecule has 0 spiro atoms. The standard InChI is InChI=1S/C24H26BrCl2N3O2/c25-16-5-3-15(4-6-16)12-21(22(28)31)30(18-2-1-11-29-14-18)23(32)24(9-10-24)19-8-7-17(26)13-20(19)27/h3-8,13,18,21,29H,1-2,9-12,14H2,(H2,28,31)/t18?,21-/m0/s1. The second-order valence-corrected chi connectivity index (χ2v) is 10.4. The lowest BCUT2D eigenvalue weighted by Crippen LogP contribution is -2.59. The molecule has 1 aliphatic heterocycles. The fraction of sp³-hybridized carbons (Fsp3) is 0.417. The van der Waals surface area contributed by atoms with Crippen LogP contribution >= 0.6 is 39.1 Å². The molecule has 1 unspecified atom stereocenters. The Bertz CT molecular complexity index is 1000. The van der Waals surface area contributed by atoms with Crippen LogP contribution < -0.4 is 11.1 Å². The number of nitrogens with zero attached hydrogens (tertiary/aromatic N) is 1. The lowest BCUT2D eigenvalue weighted by atomic mass is 9.90. The number of hydrogen-bond donors (Lipinski definition) is 2. The summed E-state index contributed by atoms with van der Waals surface area (Å²) < 4.78 is 0.954. The Balaban J connectivity index is 1.71. The zero-order chi connectivity index (χ0) is 22.9. The fourth-order valence-electron chi connectivity index (χ4n) is 4.66. The van der Waals surface area contributed by atoms with Crippen molar-refractivity contribution in [1.82, 2.24) is 10.2 Å². The van der Waals surface area contributed by atoms with Gasteiger partial charge >= 0.3 is 0 Å². The number of carbonyl (C=O) groups is 2. The van der Waals surface area contributed by atoms with Crippen molar-refractivity contribution in [3.8, 4) is 0 Å². The van der Waals surface area contributed by atoms with E-state index in [1.807, 2.05) is 30.3 Å². The van der Waals surface area contributed by atoms with Gasteiger partial charge in [0, 0.05) is 33.5 Å². The number of amides is 2. The summed E-state index contributed by atoms with van der Waals surface area (Å²) in [5, 5.41) is 4.38. The monoisotopic (exact) mass is 537 g/mol. The summed E-state index contributed by atoms with van der Waals surface area (Å²) in [4.78, 5) is 28.6. The molecule has 0 radical (unpaired) electrons. The van der Waals surface area contributed by atoms with Gasteiger partial charge in [-0.3, -0.25) is 9.59 Å². The SMILES string of the molecule is NC(=O)[C@H](Cc1ccc(Br)cc1)N(C(=O)C1(c2ccc(Cl)cc2Cl)CC1)C1CCCNC1. The van der Waals surface area contributed by atoms with Gasteiger partial charge in [0.15, 0.2) is 0 Å². The molecule has 0 aromatic heterocycles. The molecule has 32 heavy (non-hydrogen) atoms. The Kier molecular flexibility index (Phi) is 7.15. The summed E-state index contributed by atoms with van der Waals surface area (Å²) in [5.74, 6) is -0.568. The Morgan fingerprint density at radius 2 is 1.91 bits per heavy atom. The summed E-state index contributed by atoms with van der Waals surface area (Å²) >= 11 is 16.0. The fourth-order valence-corrected chi connectivity index (χ4v) is 5.51. The molecule has 0 bridgehead atoms. The van der Waals surface area contributed by atoms with Crippen molar-refractivity contribution in [2.24, 2.45) is 5.73 Å². The first kappa shape index (κ1) is 23.6. The van der Waals surface area contributed by atoms with Crippen LogP contribution in [0.25, 0.3) is 0 Å². The minimum absolute atomic E-state index is 0.0728. The van der Waals surface area contributed by atoms with Crippen molar-refractivity contribution in [3.63, 3.8) is 0 Å². The highest BCUT2D eigenvalue weighted by Crippen LogP contribution is 2.52. The van der Waals surface area contributed by atoms with Gasteiger partial charge in [-0.15, -0.1) is 0 Å². The second-order valence-electron chi connectivity index (χ2n) is 8.67. The molecule has 170 valence electrons. The molecule has 1 saturated carbocycles. The van der Waals surface area contributed by atoms with Crippen molar-refractivity contribution in [2.75, 3.05) is 13.1 Å². The van der Waals surface area contributed by atoms with E-state index in [-0.39, 0.29) is 11.9 Å². The minimum Gasteiger partial charge on any atom is -0.368 e. The Morgan fingerprint density at radius 1 is 1.19 bits per heavy atom. The van der Waals surface area contributed by atoms with Gasteiger partial charge in [0.2, 0.25) is 11.8 Å². The molecule has 2 atom stereocenters. The van der Waals surface area contributed by atoms with Gasteiger partial charge in [-0.25, -0.2) is 0 Å². The first-order chi connectivity index (χ1) is 15.3. The Labute approximate surface area is 206 Å². The number of benzene rings is 2. The van der Waals surface area contributed by atoms with Crippen LogP contribution in [0.4, 0.5) is 0 Å². The van der Waals surface area contributed by atoms with E-state index in [0.29, 0.717) is 35.9 Å². The highest BCUT2D eigenvalue weighted by molar-refractivity contribution is 9.10. The molecule has 1 heterocycles. The van der Waals surface area contributed by atoms with Crippen molar-refractivity contribution >= 4 is 50.9 Å². The average molecular weight is 539 g/mol. The quantitative estimate of drug-likeness (QED) is 0.546. The van der Waals surface area contributed by atoms with E-state index in [2.05, 4.69) is 21.2 Å². The molecule has 3 N–H and O–H groups in total. The van der Waals surface area contributed by atoms with Gasteiger partial charge in [-0.2, -0.15) is 0 Å². The topological polar surface area (TPSA) is 75.4 Å². The zero-order valence-electron chi connectivity index (χ0n) is 17.6. The van der Waals surface area contributed by atoms with Crippen molar-refractivity contribution in [1.29, 1.82) is 0 Å². The number of primary amides is 1. The first-order valence-corrected chi connectivity index (χ1v) is 12.4. The van der Waals surface area contributed by atoms with Crippen molar-refractivity contribution in [2.45, 2.75) is 49.6 Å². The number of piperidine rings is 1. The summed E-state index contributed by atoms with van der Waals surface area (Å²) in [6.45, 7) is 1.54. The molecular formula is C24H26BrCl2N3O2. The lowest BCUT2D eigenvalue weighted by Gasteiger charge is -2.41. The van der Waals surface area contributed by atoms with E-state index in [0.717, 1.165) is 35.0 Å².